The molecule has 80 heavy (non-hydrogen) atoms. The van der Waals surface area contributed by atoms with Crippen molar-refractivity contribution in [3.8, 4) is 0 Å². The Morgan fingerprint density at radius 3 is 1.39 bits per heavy atom. The molecule has 8 rings (SSSR count). The maximum absolute atomic E-state index is 14.3. The molecule has 442 valence electrons. The number of fused-ring (bicyclic) bond motifs is 10. The number of ether oxygens (including phenoxy) is 2. The third kappa shape index (κ3) is 9.08. The topological polar surface area (TPSA) is 276 Å². The van der Waals surface area contributed by atoms with E-state index in [1.165, 1.54) is 58.1 Å². The molecule has 0 radical (unpaired) electrons. The number of aliphatic hydroxyl groups is 6. The summed E-state index contributed by atoms with van der Waals surface area (Å²) in [6, 6.07) is 0. The van der Waals surface area contributed by atoms with Crippen LogP contribution in [-0.4, -0.2) is 118 Å². The molecule has 0 aromatic rings. The summed E-state index contributed by atoms with van der Waals surface area (Å²) in [7, 11) is 0. The minimum absolute atomic E-state index is 0.0249. The van der Waals surface area contributed by atoms with Crippen LogP contribution in [0, 0.1) is 78.8 Å². The van der Waals surface area contributed by atoms with Crippen molar-refractivity contribution in [1.29, 1.82) is 0 Å². The molecule has 0 amide bonds. The molecular formula is C64H90O16. The Kier molecular flexibility index (Phi) is 15.3. The number of Topliss-reactive ketones (excluding diaryl/α,β-unsaturated/α-hetero) is 4. The highest BCUT2D eigenvalue weighted by Crippen LogP contribution is 2.76. The molecule has 17 unspecified atom stereocenters. The monoisotopic (exact) mass is 1110 g/mol. The molecule has 16 nitrogen and oxygen atoms in total. The van der Waals surface area contributed by atoms with Gasteiger partial charge in [-0.2, -0.15) is 0 Å². The van der Waals surface area contributed by atoms with E-state index in [0.717, 1.165) is 11.1 Å². The van der Waals surface area contributed by atoms with E-state index < -0.39 is 125 Å². The molecule has 6 N–H and O–H groups in total. The number of ketones is 6. The van der Waals surface area contributed by atoms with Crippen LogP contribution in [0.1, 0.15) is 170 Å². The summed E-state index contributed by atoms with van der Waals surface area (Å²) in [5, 5.41) is 67.8. The highest BCUT2D eigenvalue weighted by Gasteiger charge is 2.76. The lowest BCUT2D eigenvalue weighted by Crippen LogP contribution is -2.65. The van der Waals surface area contributed by atoms with Gasteiger partial charge in [-0.15, -0.1) is 0 Å². The largest absolute Gasteiger partial charge is 0.505 e. The molecule has 0 bridgehead atoms. The quantitative estimate of drug-likeness (QED) is 0.0695. The third-order valence-electron chi connectivity index (χ3n) is 22.7. The Bertz CT molecular complexity index is 2850. The molecule has 5 fully saturated rings. The van der Waals surface area contributed by atoms with Crippen LogP contribution < -0.4 is 0 Å². The fourth-order valence-electron chi connectivity index (χ4n) is 18.4. The van der Waals surface area contributed by atoms with Crippen LogP contribution in [0.3, 0.4) is 0 Å². The van der Waals surface area contributed by atoms with E-state index in [4.69, 9.17) is 9.47 Å². The Labute approximate surface area is 472 Å². The molecule has 8 aliphatic rings. The SMILES string of the molecule is CC(=O)OC(C)(C)C=CC(=O)C(C)(O)C1C(O)CC2(C)C3CC=C4C(C=C(O)C(=O)C4(C)C)C3(C)C(=O)CC12C.CC(=O)OC(C)(C)C=CC(=O)C(C)(O)C1C(O)CC2(C)C3CC=C4C(CC(O)C(=O)C4(C)C)C3(C)C(=O)CC12C. The number of hydrogen-bond acceptors (Lipinski definition) is 16. The van der Waals surface area contributed by atoms with Gasteiger partial charge < -0.3 is 40.1 Å². The summed E-state index contributed by atoms with van der Waals surface area (Å²) in [4.78, 5) is 104. The first kappa shape index (κ1) is 62.9. The molecule has 0 aromatic carbocycles. The molecule has 0 aliphatic heterocycles. The number of hydrogen-bond donors (Lipinski definition) is 6. The number of carbonyl (C=O) groups excluding carboxylic acids is 8. The van der Waals surface area contributed by atoms with Gasteiger partial charge in [0, 0.05) is 60.7 Å². The van der Waals surface area contributed by atoms with Gasteiger partial charge in [0.25, 0.3) is 0 Å². The summed E-state index contributed by atoms with van der Waals surface area (Å²) in [6.07, 6.45) is 9.44. The molecule has 0 saturated heterocycles. The first-order chi connectivity index (χ1) is 36.1. The van der Waals surface area contributed by atoms with E-state index in [-0.39, 0.29) is 72.3 Å². The first-order valence-corrected chi connectivity index (χ1v) is 28.5. The van der Waals surface area contributed by atoms with E-state index in [1.807, 2.05) is 54.5 Å². The fourth-order valence-corrected chi connectivity index (χ4v) is 18.4. The van der Waals surface area contributed by atoms with Crippen molar-refractivity contribution in [2.24, 2.45) is 78.8 Å². The van der Waals surface area contributed by atoms with Crippen molar-refractivity contribution >= 4 is 46.6 Å². The zero-order valence-corrected chi connectivity index (χ0v) is 50.5. The van der Waals surface area contributed by atoms with E-state index in [2.05, 4.69) is 13.0 Å². The van der Waals surface area contributed by atoms with Crippen LogP contribution in [0.25, 0.3) is 0 Å². The summed E-state index contributed by atoms with van der Waals surface area (Å²) in [5.41, 5.74) is -11.1. The first-order valence-electron chi connectivity index (χ1n) is 28.5. The predicted molar refractivity (Wildman–Crippen MR) is 296 cm³/mol. The second-order valence-electron chi connectivity index (χ2n) is 29.2. The summed E-state index contributed by atoms with van der Waals surface area (Å²) >= 11 is 0. The Morgan fingerprint density at radius 1 is 0.588 bits per heavy atom. The van der Waals surface area contributed by atoms with Crippen LogP contribution in [0.2, 0.25) is 0 Å². The fraction of sp³-hybridized carbons (Fsp3) is 0.719. The van der Waals surface area contributed by atoms with Gasteiger partial charge in [-0.25, -0.2) is 0 Å². The van der Waals surface area contributed by atoms with Crippen LogP contribution in [0.5, 0.6) is 0 Å². The highest BCUT2D eigenvalue weighted by atomic mass is 16.6. The maximum Gasteiger partial charge on any atom is 0.303 e. The van der Waals surface area contributed by atoms with Crippen molar-refractivity contribution in [2.45, 2.75) is 210 Å². The van der Waals surface area contributed by atoms with Gasteiger partial charge in [-0.1, -0.05) is 64.8 Å². The molecule has 5 saturated carbocycles. The Hall–Kier alpha value is -4.74. The van der Waals surface area contributed by atoms with Crippen molar-refractivity contribution in [3.63, 3.8) is 0 Å². The zero-order valence-electron chi connectivity index (χ0n) is 50.5. The zero-order chi connectivity index (χ0) is 60.9. The Morgan fingerprint density at radius 2 is 0.975 bits per heavy atom. The van der Waals surface area contributed by atoms with Crippen LogP contribution >= 0.6 is 0 Å². The van der Waals surface area contributed by atoms with E-state index in [9.17, 15) is 69.0 Å². The molecule has 8 aliphatic carbocycles. The molecule has 0 heterocycles. The normalized spacial score (nSPS) is 41.4. The minimum Gasteiger partial charge on any atom is -0.505 e. The number of carbonyl (C=O) groups is 8. The van der Waals surface area contributed by atoms with Crippen molar-refractivity contribution in [1.82, 2.24) is 0 Å². The molecule has 0 spiro atoms. The Balaban J connectivity index is 0.000000231. The van der Waals surface area contributed by atoms with Crippen molar-refractivity contribution < 1.29 is 78.5 Å². The van der Waals surface area contributed by atoms with Crippen molar-refractivity contribution in [2.75, 3.05) is 0 Å². The summed E-state index contributed by atoms with van der Waals surface area (Å²) < 4.78 is 10.5. The van der Waals surface area contributed by atoms with Gasteiger partial charge in [0.1, 0.15) is 40.1 Å². The van der Waals surface area contributed by atoms with Crippen LogP contribution in [-0.2, 0) is 47.8 Å². The minimum atomic E-state index is -2.00. The number of aliphatic hydroxyl groups excluding tert-OH is 4. The molecular weight excluding hydrogens is 1020 g/mol. The molecule has 17 atom stereocenters. The van der Waals surface area contributed by atoms with E-state index in [1.54, 1.807) is 41.5 Å². The smallest absolute Gasteiger partial charge is 0.303 e. The average Bonchev–Trinajstić information content (AvgIpc) is 3.65. The lowest BCUT2D eigenvalue weighted by atomic mass is 9.38. The van der Waals surface area contributed by atoms with E-state index >= 15 is 0 Å². The lowest BCUT2D eigenvalue weighted by molar-refractivity contribution is -0.183. The van der Waals surface area contributed by atoms with Gasteiger partial charge in [0.2, 0.25) is 5.78 Å². The molecule has 16 heteroatoms. The number of allylic oxidation sites excluding steroid dienone is 6. The predicted octanol–water partition coefficient (Wildman–Crippen LogP) is 7.69. The molecule has 0 aromatic heterocycles. The average molecular weight is 1120 g/mol. The number of rotatable bonds is 10. The van der Waals surface area contributed by atoms with Gasteiger partial charge in [0.05, 0.1) is 17.6 Å². The summed E-state index contributed by atoms with van der Waals surface area (Å²) in [6.45, 7) is 30.7. The van der Waals surface area contributed by atoms with E-state index in [0.29, 0.717) is 19.3 Å². The lowest BCUT2D eigenvalue weighted by Gasteiger charge is -2.64. The van der Waals surface area contributed by atoms with Crippen molar-refractivity contribution in [3.05, 3.63) is 59.4 Å². The second kappa shape index (κ2) is 19.4. The van der Waals surface area contributed by atoms with Gasteiger partial charge in [-0.3, -0.25) is 38.4 Å². The highest BCUT2D eigenvalue weighted by molar-refractivity contribution is 6.02. The van der Waals surface area contributed by atoms with Gasteiger partial charge in [0.15, 0.2) is 23.1 Å². The van der Waals surface area contributed by atoms with Gasteiger partial charge >= 0.3 is 11.9 Å². The third-order valence-corrected chi connectivity index (χ3v) is 22.7. The summed E-state index contributed by atoms with van der Waals surface area (Å²) in [5.74, 6) is -6.46. The number of esters is 2. The maximum atomic E-state index is 14.3. The van der Waals surface area contributed by atoms with Crippen LogP contribution in [0.15, 0.2) is 59.4 Å². The van der Waals surface area contributed by atoms with Crippen LogP contribution in [0.4, 0.5) is 0 Å². The van der Waals surface area contributed by atoms with Gasteiger partial charge in [-0.05, 0) is 171 Å². The second-order valence-corrected chi connectivity index (χ2v) is 29.2. The standard InChI is InChI=1S/C32H46O8.C32H44O8/c2*1-17(33)40-27(2,3)13-12-23(36)32(9,39)25-21(35)15-29(6)22-11-10-18-19(14-20(34)26(38)28(18,4)5)31(22,8)24(37)16-30(25,29)7/h10,12-13,19-22,25,34-35,39H,11,14-16H2,1-9H3;10,12-14,19,21-22,25,34-35,39H,11,15-16H2,1-9H3.